The topological polar surface area (TPSA) is 30.0 Å². The number of carbonyl (C=O) groups is 1. The van der Waals surface area contributed by atoms with Gasteiger partial charge in [0.05, 0.1) is 5.56 Å². The van der Waals surface area contributed by atoms with Crippen LogP contribution in [-0.4, -0.2) is 10.8 Å². The number of benzene rings is 1. The Morgan fingerprint density at radius 1 is 1.15 bits per heavy atom. The maximum atomic E-state index is 12.8. The van der Waals surface area contributed by atoms with Crippen LogP contribution < -0.4 is 0 Å². The third-order valence-corrected chi connectivity index (χ3v) is 2.96. The number of ketones is 1. The first-order chi connectivity index (χ1) is 9.38. The molecule has 0 N–H and O–H groups in total. The Kier molecular flexibility index (Phi) is 4.09. The number of halogens is 4. The van der Waals surface area contributed by atoms with Gasteiger partial charge in [-0.15, -0.1) is 0 Å². The second kappa shape index (κ2) is 5.63. The third-order valence-electron chi connectivity index (χ3n) is 2.70. The average molecular weight is 300 g/mol. The van der Waals surface area contributed by atoms with E-state index in [2.05, 4.69) is 4.98 Å². The Balaban J connectivity index is 2.28. The van der Waals surface area contributed by atoms with E-state index in [1.165, 1.54) is 0 Å². The van der Waals surface area contributed by atoms with Crippen LogP contribution in [0.3, 0.4) is 0 Å². The number of alkyl halides is 3. The first kappa shape index (κ1) is 14.5. The SMILES string of the molecule is O=C(Cc1ccc(Cl)cc1)c1cnccc1C(F)(F)F. The molecule has 0 fully saturated rings. The molecule has 0 bridgehead atoms. The van der Waals surface area contributed by atoms with Gasteiger partial charge in [-0.1, -0.05) is 23.7 Å². The summed E-state index contributed by atoms with van der Waals surface area (Å²) in [6.45, 7) is 0. The molecular formula is C14H9ClF3NO. The first-order valence-corrected chi connectivity index (χ1v) is 6.04. The molecule has 0 aliphatic rings. The number of aromatic nitrogens is 1. The number of nitrogens with zero attached hydrogens (tertiary/aromatic N) is 1. The Bertz CT molecular complexity index is 623. The minimum absolute atomic E-state index is 0.133. The molecule has 0 amide bonds. The molecule has 0 aliphatic heterocycles. The Morgan fingerprint density at radius 3 is 2.40 bits per heavy atom. The van der Waals surface area contributed by atoms with Crippen molar-refractivity contribution in [1.29, 1.82) is 0 Å². The number of hydrogen-bond donors (Lipinski definition) is 0. The van der Waals surface area contributed by atoms with Crippen molar-refractivity contribution in [3.8, 4) is 0 Å². The molecule has 2 aromatic rings. The molecule has 0 spiro atoms. The Labute approximate surface area is 118 Å². The quantitative estimate of drug-likeness (QED) is 0.796. The molecule has 1 heterocycles. The Hall–Kier alpha value is -1.88. The van der Waals surface area contributed by atoms with E-state index in [1.807, 2.05) is 0 Å². The third kappa shape index (κ3) is 3.36. The van der Waals surface area contributed by atoms with Crippen LogP contribution in [0.4, 0.5) is 13.2 Å². The van der Waals surface area contributed by atoms with Crippen molar-refractivity contribution in [2.24, 2.45) is 0 Å². The minimum atomic E-state index is -4.58. The van der Waals surface area contributed by atoms with Crippen LogP contribution in [0.5, 0.6) is 0 Å². The summed E-state index contributed by atoms with van der Waals surface area (Å²) in [4.78, 5) is 15.6. The van der Waals surface area contributed by atoms with Crippen molar-refractivity contribution < 1.29 is 18.0 Å². The second-order valence-corrected chi connectivity index (χ2v) is 4.58. The van der Waals surface area contributed by atoms with Crippen molar-refractivity contribution in [3.63, 3.8) is 0 Å². The molecule has 1 aromatic heterocycles. The van der Waals surface area contributed by atoms with Crippen LogP contribution >= 0.6 is 11.6 Å². The van der Waals surface area contributed by atoms with Crippen molar-refractivity contribution >= 4 is 17.4 Å². The van der Waals surface area contributed by atoms with Gasteiger partial charge in [0.15, 0.2) is 5.78 Å². The van der Waals surface area contributed by atoms with E-state index >= 15 is 0 Å². The van der Waals surface area contributed by atoms with Crippen LogP contribution in [0.2, 0.25) is 5.02 Å². The Morgan fingerprint density at radius 2 is 1.80 bits per heavy atom. The maximum Gasteiger partial charge on any atom is 0.417 e. The van der Waals surface area contributed by atoms with Gasteiger partial charge >= 0.3 is 6.18 Å². The summed E-state index contributed by atoms with van der Waals surface area (Å²) in [5, 5.41) is 0.499. The standard InChI is InChI=1S/C14H9ClF3NO/c15-10-3-1-9(2-4-10)7-13(20)11-8-19-6-5-12(11)14(16,17)18/h1-6,8H,7H2. The van der Waals surface area contributed by atoms with Gasteiger partial charge in [-0.2, -0.15) is 13.2 Å². The largest absolute Gasteiger partial charge is 0.417 e. The van der Waals surface area contributed by atoms with E-state index in [-0.39, 0.29) is 6.42 Å². The number of carbonyl (C=O) groups excluding carboxylic acids is 1. The summed E-state index contributed by atoms with van der Waals surface area (Å²) in [6.07, 6.45) is -2.75. The highest BCUT2D eigenvalue weighted by molar-refractivity contribution is 6.30. The van der Waals surface area contributed by atoms with E-state index in [0.29, 0.717) is 10.6 Å². The van der Waals surface area contributed by atoms with E-state index in [4.69, 9.17) is 11.6 Å². The smallest absolute Gasteiger partial charge is 0.294 e. The molecule has 1 aromatic carbocycles. The molecule has 6 heteroatoms. The lowest BCUT2D eigenvalue weighted by atomic mass is 10.0. The van der Waals surface area contributed by atoms with E-state index < -0.39 is 23.1 Å². The number of Topliss-reactive ketones (excluding diaryl/α,β-unsaturated/α-hetero) is 1. The van der Waals surface area contributed by atoms with Gasteiger partial charge in [0.25, 0.3) is 0 Å². The zero-order chi connectivity index (χ0) is 14.8. The van der Waals surface area contributed by atoms with Crippen LogP contribution in [0, 0.1) is 0 Å². The maximum absolute atomic E-state index is 12.8. The van der Waals surface area contributed by atoms with Gasteiger partial charge < -0.3 is 0 Å². The normalized spacial score (nSPS) is 11.4. The fourth-order valence-electron chi connectivity index (χ4n) is 1.75. The summed E-state index contributed by atoms with van der Waals surface area (Å²) in [7, 11) is 0. The van der Waals surface area contributed by atoms with Crippen LogP contribution in [-0.2, 0) is 12.6 Å². The number of rotatable bonds is 3. The fourth-order valence-corrected chi connectivity index (χ4v) is 1.87. The molecule has 2 rings (SSSR count). The highest BCUT2D eigenvalue weighted by Crippen LogP contribution is 2.31. The minimum Gasteiger partial charge on any atom is -0.294 e. The van der Waals surface area contributed by atoms with E-state index in [1.54, 1.807) is 24.3 Å². The molecule has 0 aliphatic carbocycles. The molecule has 2 nitrogen and oxygen atoms in total. The lowest BCUT2D eigenvalue weighted by Crippen LogP contribution is -2.15. The monoisotopic (exact) mass is 299 g/mol. The molecule has 0 unspecified atom stereocenters. The van der Waals surface area contributed by atoms with Crippen LogP contribution in [0.1, 0.15) is 21.5 Å². The molecule has 20 heavy (non-hydrogen) atoms. The van der Waals surface area contributed by atoms with Gasteiger partial charge in [0.2, 0.25) is 0 Å². The summed E-state index contributed by atoms with van der Waals surface area (Å²) in [5.41, 5.74) is -0.794. The fraction of sp³-hybridized carbons (Fsp3) is 0.143. The molecule has 0 saturated heterocycles. The molecule has 104 valence electrons. The zero-order valence-electron chi connectivity index (χ0n) is 10.1. The lowest BCUT2D eigenvalue weighted by molar-refractivity contribution is -0.138. The number of pyridine rings is 1. The van der Waals surface area contributed by atoms with Crippen LogP contribution in [0.25, 0.3) is 0 Å². The van der Waals surface area contributed by atoms with Gasteiger partial charge in [-0.25, -0.2) is 0 Å². The molecule has 0 atom stereocenters. The van der Waals surface area contributed by atoms with Gasteiger partial charge in [-0.3, -0.25) is 9.78 Å². The van der Waals surface area contributed by atoms with Crippen LogP contribution in [0.15, 0.2) is 42.7 Å². The summed E-state index contributed by atoms with van der Waals surface area (Å²) >= 11 is 5.71. The molecule has 0 saturated carbocycles. The van der Waals surface area contributed by atoms with Crippen molar-refractivity contribution in [1.82, 2.24) is 4.98 Å². The highest BCUT2D eigenvalue weighted by atomic mass is 35.5. The molecule has 0 radical (unpaired) electrons. The van der Waals surface area contributed by atoms with Crippen molar-refractivity contribution in [3.05, 3.63) is 64.4 Å². The van der Waals surface area contributed by atoms with Crippen molar-refractivity contribution in [2.45, 2.75) is 12.6 Å². The number of hydrogen-bond acceptors (Lipinski definition) is 2. The highest BCUT2D eigenvalue weighted by Gasteiger charge is 2.34. The van der Waals surface area contributed by atoms with E-state index in [9.17, 15) is 18.0 Å². The second-order valence-electron chi connectivity index (χ2n) is 4.15. The average Bonchev–Trinajstić information content (AvgIpc) is 2.40. The van der Waals surface area contributed by atoms with Gasteiger partial charge in [-0.05, 0) is 23.8 Å². The summed E-state index contributed by atoms with van der Waals surface area (Å²) in [5.74, 6) is -0.632. The summed E-state index contributed by atoms with van der Waals surface area (Å²) in [6, 6.07) is 7.17. The van der Waals surface area contributed by atoms with Gasteiger partial charge in [0.1, 0.15) is 0 Å². The predicted molar refractivity (Wildman–Crippen MR) is 68.7 cm³/mol. The first-order valence-electron chi connectivity index (χ1n) is 5.67. The van der Waals surface area contributed by atoms with E-state index in [0.717, 1.165) is 18.5 Å². The van der Waals surface area contributed by atoms with Gasteiger partial charge in [0, 0.05) is 29.4 Å². The molecular weight excluding hydrogens is 291 g/mol. The zero-order valence-corrected chi connectivity index (χ0v) is 10.9. The summed E-state index contributed by atoms with van der Waals surface area (Å²) < 4.78 is 38.4. The predicted octanol–water partition coefficient (Wildman–Crippen LogP) is 4.18. The lowest BCUT2D eigenvalue weighted by Gasteiger charge is -2.11. The van der Waals surface area contributed by atoms with Crippen molar-refractivity contribution in [2.75, 3.05) is 0 Å².